The minimum Gasteiger partial charge on any atom is -0.459 e. The van der Waals surface area contributed by atoms with Crippen molar-refractivity contribution in [2.24, 2.45) is 5.92 Å². The second kappa shape index (κ2) is 13.0. The highest BCUT2D eigenvalue weighted by Gasteiger charge is 2.34. The van der Waals surface area contributed by atoms with Gasteiger partial charge in [0.2, 0.25) is 15.9 Å². The van der Waals surface area contributed by atoms with Crippen molar-refractivity contribution in [3.05, 3.63) is 89.1 Å². The van der Waals surface area contributed by atoms with Crippen LogP contribution in [0.25, 0.3) is 0 Å². The minimum atomic E-state index is -3.98. The van der Waals surface area contributed by atoms with E-state index in [1.165, 1.54) is 47.0 Å². The van der Waals surface area contributed by atoms with E-state index in [4.69, 9.17) is 16.0 Å². The van der Waals surface area contributed by atoms with Crippen LogP contribution in [0.5, 0.6) is 0 Å². The minimum absolute atomic E-state index is 0.0312. The van der Waals surface area contributed by atoms with E-state index < -0.39 is 10.0 Å². The second-order valence-electron chi connectivity index (χ2n) is 10.3. The highest BCUT2D eigenvalue weighted by molar-refractivity contribution is 7.89. The lowest BCUT2D eigenvalue weighted by atomic mass is 10.0. The van der Waals surface area contributed by atoms with Crippen LogP contribution in [-0.2, 0) is 21.4 Å². The maximum atomic E-state index is 13.9. The van der Waals surface area contributed by atoms with Gasteiger partial charge in [0.05, 0.1) is 17.7 Å². The van der Waals surface area contributed by atoms with E-state index in [-0.39, 0.29) is 59.9 Å². The van der Waals surface area contributed by atoms with Crippen LogP contribution in [0, 0.1) is 11.7 Å². The second-order valence-corrected chi connectivity index (χ2v) is 12.7. The number of amides is 2. The molecule has 1 fully saturated rings. The Morgan fingerprint density at radius 3 is 2.27 bits per heavy atom. The number of rotatable bonds is 10. The van der Waals surface area contributed by atoms with E-state index in [0.29, 0.717) is 31.0 Å². The molecule has 214 valence electrons. The molecule has 3 aromatic rings. The first-order valence-electron chi connectivity index (χ1n) is 13.2. The first-order valence-corrected chi connectivity index (χ1v) is 15.0. The fourth-order valence-electron chi connectivity index (χ4n) is 4.80. The van der Waals surface area contributed by atoms with Crippen molar-refractivity contribution in [3.63, 3.8) is 0 Å². The monoisotopic (exact) mass is 589 g/mol. The van der Waals surface area contributed by atoms with Gasteiger partial charge in [-0.2, -0.15) is 4.31 Å². The van der Waals surface area contributed by atoms with Gasteiger partial charge in [0.15, 0.2) is 5.76 Å². The van der Waals surface area contributed by atoms with Crippen molar-refractivity contribution in [2.75, 3.05) is 26.2 Å². The van der Waals surface area contributed by atoms with Gasteiger partial charge in [-0.15, -0.1) is 0 Å². The molecule has 2 heterocycles. The molecule has 40 heavy (non-hydrogen) atoms. The molecule has 0 aliphatic carbocycles. The zero-order chi connectivity index (χ0) is 28.9. The Labute approximate surface area is 239 Å². The summed E-state index contributed by atoms with van der Waals surface area (Å²) in [5.74, 6) is -0.732. The molecular weight excluding hydrogens is 557 g/mol. The van der Waals surface area contributed by atoms with Gasteiger partial charge in [0, 0.05) is 37.2 Å². The predicted octanol–water partition coefficient (Wildman–Crippen LogP) is 5.05. The molecule has 0 radical (unpaired) electrons. The zero-order valence-corrected chi connectivity index (χ0v) is 24.1. The third kappa shape index (κ3) is 7.30. The third-order valence-corrected chi connectivity index (χ3v) is 8.92. The Balaban J connectivity index is 1.56. The lowest BCUT2D eigenvalue weighted by Gasteiger charge is -2.39. The number of carbonyl (C=O) groups excluding carboxylic acids is 2. The van der Waals surface area contributed by atoms with Gasteiger partial charge >= 0.3 is 0 Å². The highest BCUT2D eigenvalue weighted by atomic mass is 35.5. The van der Waals surface area contributed by atoms with Crippen molar-refractivity contribution >= 4 is 33.4 Å². The van der Waals surface area contributed by atoms with Crippen molar-refractivity contribution in [1.82, 2.24) is 14.1 Å². The summed E-state index contributed by atoms with van der Waals surface area (Å²) >= 11 is 5.96. The van der Waals surface area contributed by atoms with Crippen LogP contribution in [0.1, 0.15) is 42.8 Å². The molecule has 0 bridgehead atoms. The van der Waals surface area contributed by atoms with Crippen LogP contribution >= 0.6 is 11.6 Å². The fourth-order valence-corrected chi connectivity index (χ4v) is 6.48. The summed E-state index contributed by atoms with van der Waals surface area (Å²) < 4.78 is 47.1. The summed E-state index contributed by atoms with van der Waals surface area (Å²) in [7, 11) is -3.98. The number of nitrogens with zero attached hydrogens (tertiary/aromatic N) is 3. The first-order chi connectivity index (χ1) is 19.0. The summed E-state index contributed by atoms with van der Waals surface area (Å²) in [6.45, 7) is 4.58. The SMILES string of the molecule is CC(C)CN(CC(=O)N(Cc1ccc(F)cc1)C1CCN(C(=O)c2ccco2)CC1)S(=O)(=O)c1ccc(Cl)cc1. The molecule has 8 nitrogen and oxygen atoms in total. The number of likely N-dealkylation sites (tertiary alicyclic amines) is 1. The van der Waals surface area contributed by atoms with Crippen molar-refractivity contribution in [2.45, 2.75) is 44.2 Å². The Morgan fingerprint density at radius 2 is 1.70 bits per heavy atom. The molecule has 2 aromatic carbocycles. The summed E-state index contributed by atoms with van der Waals surface area (Å²) in [6, 6.07) is 14.8. The average Bonchev–Trinajstić information content (AvgIpc) is 3.47. The Bertz CT molecular complexity index is 1390. The van der Waals surface area contributed by atoms with Crippen LogP contribution in [0.4, 0.5) is 4.39 Å². The van der Waals surface area contributed by atoms with Crippen LogP contribution < -0.4 is 0 Å². The molecule has 1 aromatic heterocycles. The van der Waals surface area contributed by atoms with Crippen molar-refractivity contribution in [1.29, 1.82) is 0 Å². The normalized spacial score (nSPS) is 14.6. The van der Waals surface area contributed by atoms with E-state index in [2.05, 4.69) is 0 Å². The number of hydrogen-bond donors (Lipinski definition) is 0. The van der Waals surface area contributed by atoms with Gasteiger partial charge in [0.1, 0.15) is 5.82 Å². The van der Waals surface area contributed by atoms with Gasteiger partial charge in [-0.3, -0.25) is 9.59 Å². The number of furan rings is 1. The molecule has 0 unspecified atom stereocenters. The number of sulfonamides is 1. The van der Waals surface area contributed by atoms with E-state index in [9.17, 15) is 22.4 Å². The van der Waals surface area contributed by atoms with E-state index in [1.807, 2.05) is 13.8 Å². The first kappa shape index (κ1) is 29.8. The van der Waals surface area contributed by atoms with E-state index >= 15 is 0 Å². The van der Waals surface area contributed by atoms with Crippen molar-refractivity contribution < 1.29 is 26.8 Å². The molecule has 1 aliphatic heterocycles. The van der Waals surface area contributed by atoms with Gasteiger partial charge in [-0.25, -0.2) is 12.8 Å². The summed E-state index contributed by atoms with van der Waals surface area (Å²) in [5.41, 5.74) is 0.722. The lowest BCUT2D eigenvalue weighted by molar-refractivity contribution is -0.135. The molecule has 1 saturated heterocycles. The standard InChI is InChI=1S/C29H33ClFN3O5S/c1-21(2)18-33(40(37,38)26-11-7-23(30)8-12-26)20-28(35)34(19-22-5-9-24(31)10-6-22)25-13-15-32(16-14-25)29(36)27-4-3-17-39-27/h3-12,17,21,25H,13-16,18-20H2,1-2H3. The molecule has 0 spiro atoms. The van der Waals surface area contributed by atoms with Crippen LogP contribution in [0.15, 0.2) is 76.2 Å². The Morgan fingerprint density at radius 1 is 1.05 bits per heavy atom. The molecule has 2 amide bonds. The van der Waals surface area contributed by atoms with E-state index in [1.54, 1.807) is 34.1 Å². The third-order valence-electron chi connectivity index (χ3n) is 6.84. The average molecular weight is 590 g/mol. The molecule has 0 N–H and O–H groups in total. The van der Waals surface area contributed by atoms with Gasteiger partial charge < -0.3 is 14.2 Å². The van der Waals surface area contributed by atoms with Gasteiger partial charge in [-0.05, 0) is 72.9 Å². The predicted molar refractivity (Wildman–Crippen MR) is 150 cm³/mol. The zero-order valence-electron chi connectivity index (χ0n) is 22.5. The quantitative estimate of drug-likeness (QED) is 0.330. The summed E-state index contributed by atoms with van der Waals surface area (Å²) in [4.78, 5) is 30.0. The number of hydrogen-bond acceptors (Lipinski definition) is 5. The number of halogens is 2. The fraction of sp³-hybridized carbons (Fsp3) is 0.379. The summed E-state index contributed by atoms with van der Waals surface area (Å²) in [6.07, 6.45) is 2.46. The summed E-state index contributed by atoms with van der Waals surface area (Å²) in [5, 5.41) is 0.410. The molecule has 1 aliphatic rings. The molecule has 11 heteroatoms. The smallest absolute Gasteiger partial charge is 0.289 e. The largest absolute Gasteiger partial charge is 0.459 e. The molecular formula is C29H33ClFN3O5S. The van der Waals surface area contributed by atoms with Crippen LogP contribution in [0.3, 0.4) is 0 Å². The van der Waals surface area contributed by atoms with Crippen molar-refractivity contribution in [3.8, 4) is 0 Å². The molecule has 0 atom stereocenters. The Kier molecular flexibility index (Phi) is 9.65. The molecule has 4 rings (SSSR count). The lowest BCUT2D eigenvalue weighted by Crippen LogP contribution is -2.51. The number of carbonyl (C=O) groups is 2. The topological polar surface area (TPSA) is 91.1 Å². The van der Waals surface area contributed by atoms with E-state index in [0.717, 1.165) is 5.56 Å². The Hall–Kier alpha value is -3.21. The number of piperidine rings is 1. The maximum absolute atomic E-state index is 13.9. The highest BCUT2D eigenvalue weighted by Crippen LogP contribution is 2.24. The maximum Gasteiger partial charge on any atom is 0.289 e. The van der Waals surface area contributed by atoms with Crippen LogP contribution in [-0.4, -0.2) is 66.6 Å². The van der Waals surface area contributed by atoms with Gasteiger partial charge in [0.25, 0.3) is 5.91 Å². The number of benzene rings is 2. The molecule has 0 saturated carbocycles. The van der Waals surface area contributed by atoms with Crippen LogP contribution in [0.2, 0.25) is 5.02 Å². The van der Waals surface area contributed by atoms with Gasteiger partial charge in [-0.1, -0.05) is 37.6 Å².